The summed E-state index contributed by atoms with van der Waals surface area (Å²) >= 11 is 0. The van der Waals surface area contributed by atoms with Crippen molar-refractivity contribution in [3.05, 3.63) is 47.5 Å². The number of hydrogen-bond donors (Lipinski definition) is 2. The molecule has 1 saturated carbocycles. The first kappa shape index (κ1) is 14.0. The molecule has 0 bridgehead atoms. The average molecular weight is 333 g/mol. The van der Waals surface area contributed by atoms with Gasteiger partial charge in [0, 0.05) is 18.2 Å². The number of rotatable bonds is 1. The van der Waals surface area contributed by atoms with Gasteiger partial charge in [0.2, 0.25) is 0 Å². The lowest BCUT2D eigenvalue weighted by Crippen LogP contribution is -1.92. The molecule has 0 amide bonds. The van der Waals surface area contributed by atoms with E-state index >= 15 is 0 Å². The molecule has 1 aliphatic carbocycles. The Bertz CT molecular complexity index is 1190. The molecule has 0 atom stereocenters. The van der Waals surface area contributed by atoms with Crippen molar-refractivity contribution >= 4 is 28.0 Å². The molecule has 25 heavy (non-hydrogen) atoms. The van der Waals surface area contributed by atoms with E-state index in [9.17, 15) is 4.39 Å². The Morgan fingerprint density at radius 1 is 1.20 bits per heavy atom. The van der Waals surface area contributed by atoms with Crippen LogP contribution < -0.4 is 5.73 Å². The Morgan fingerprint density at radius 2 is 2.04 bits per heavy atom. The third-order valence-corrected chi connectivity index (χ3v) is 4.25. The van der Waals surface area contributed by atoms with Gasteiger partial charge in [-0.3, -0.25) is 0 Å². The lowest BCUT2D eigenvalue weighted by atomic mass is 10.1. The highest BCUT2D eigenvalue weighted by Gasteiger charge is 2.29. The van der Waals surface area contributed by atoms with Crippen LogP contribution in [0.3, 0.4) is 0 Å². The van der Waals surface area contributed by atoms with E-state index in [1.54, 1.807) is 12.3 Å². The van der Waals surface area contributed by atoms with Gasteiger partial charge in [0.25, 0.3) is 0 Å². The standard InChI is InChI=1S/C18H12FN5O/c19-12-6-14-13(24-18(25-14)9-1-2-9)5-10(12)3-4-11-7-21-17-15(11)16(20)22-8-23-17/h5-9H,1-2H2,(H3,20,21,22,23). The highest BCUT2D eigenvalue weighted by molar-refractivity contribution is 5.91. The fourth-order valence-electron chi connectivity index (χ4n) is 2.79. The summed E-state index contributed by atoms with van der Waals surface area (Å²) in [7, 11) is 0. The number of fused-ring (bicyclic) bond motifs is 2. The molecule has 3 aromatic heterocycles. The maximum absolute atomic E-state index is 14.3. The van der Waals surface area contributed by atoms with Crippen LogP contribution in [0.25, 0.3) is 22.1 Å². The van der Waals surface area contributed by atoms with Gasteiger partial charge in [0.15, 0.2) is 11.5 Å². The van der Waals surface area contributed by atoms with Crippen molar-refractivity contribution in [3.63, 3.8) is 0 Å². The first-order valence-electron chi connectivity index (χ1n) is 7.88. The van der Waals surface area contributed by atoms with E-state index in [1.807, 2.05) is 0 Å². The van der Waals surface area contributed by atoms with E-state index in [0.29, 0.717) is 45.3 Å². The van der Waals surface area contributed by atoms with Crippen LogP contribution in [0.2, 0.25) is 0 Å². The van der Waals surface area contributed by atoms with E-state index < -0.39 is 5.82 Å². The van der Waals surface area contributed by atoms with E-state index in [2.05, 4.69) is 31.8 Å². The smallest absolute Gasteiger partial charge is 0.198 e. The van der Waals surface area contributed by atoms with Crippen molar-refractivity contribution < 1.29 is 8.81 Å². The topological polar surface area (TPSA) is 93.6 Å². The van der Waals surface area contributed by atoms with Crippen molar-refractivity contribution in [2.24, 2.45) is 0 Å². The van der Waals surface area contributed by atoms with Gasteiger partial charge in [0.05, 0.1) is 16.5 Å². The second-order valence-corrected chi connectivity index (χ2v) is 6.06. The van der Waals surface area contributed by atoms with Gasteiger partial charge in [-0.15, -0.1) is 0 Å². The summed E-state index contributed by atoms with van der Waals surface area (Å²) in [5, 5.41) is 0.633. The van der Waals surface area contributed by atoms with E-state index in [0.717, 1.165) is 12.8 Å². The minimum atomic E-state index is -0.442. The van der Waals surface area contributed by atoms with E-state index in [-0.39, 0.29) is 5.56 Å². The normalized spacial score (nSPS) is 14.0. The SMILES string of the molecule is Nc1ncnc2[nH]cc(C#Cc3cc4nc(C5CC5)oc4cc3F)c12. The van der Waals surface area contributed by atoms with Gasteiger partial charge in [-0.25, -0.2) is 19.3 Å². The summed E-state index contributed by atoms with van der Waals surface area (Å²) < 4.78 is 19.9. The molecule has 122 valence electrons. The van der Waals surface area contributed by atoms with Crippen molar-refractivity contribution in [1.29, 1.82) is 0 Å². The average Bonchev–Trinajstić information content (AvgIpc) is 3.24. The van der Waals surface area contributed by atoms with Gasteiger partial charge in [0.1, 0.15) is 29.1 Å². The molecule has 4 aromatic rings. The number of aromatic nitrogens is 4. The molecular formula is C18H12FN5O. The Balaban J connectivity index is 1.59. The predicted molar refractivity (Wildman–Crippen MR) is 90.2 cm³/mol. The second-order valence-electron chi connectivity index (χ2n) is 6.06. The summed E-state index contributed by atoms with van der Waals surface area (Å²) in [6.07, 6.45) is 5.21. The highest BCUT2D eigenvalue weighted by atomic mass is 19.1. The van der Waals surface area contributed by atoms with Gasteiger partial charge >= 0.3 is 0 Å². The molecule has 3 heterocycles. The molecular weight excluding hydrogens is 321 g/mol. The van der Waals surface area contributed by atoms with Crippen LogP contribution in [-0.4, -0.2) is 19.9 Å². The number of aromatic amines is 1. The molecule has 1 aliphatic rings. The summed E-state index contributed by atoms with van der Waals surface area (Å²) in [6.45, 7) is 0. The molecule has 0 spiro atoms. The summed E-state index contributed by atoms with van der Waals surface area (Å²) in [4.78, 5) is 15.5. The molecule has 5 rings (SSSR count). The zero-order chi connectivity index (χ0) is 17.0. The van der Waals surface area contributed by atoms with Gasteiger partial charge < -0.3 is 15.1 Å². The third-order valence-electron chi connectivity index (χ3n) is 4.25. The Labute approximate surface area is 141 Å². The third kappa shape index (κ3) is 2.31. The summed E-state index contributed by atoms with van der Waals surface area (Å²) in [5.41, 5.74) is 8.42. The Hall–Kier alpha value is -3.40. The molecule has 3 N–H and O–H groups in total. The minimum Gasteiger partial charge on any atom is -0.440 e. The summed E-state index contributed by atoms with van der Waals surface area (Å²) in [6, 6.07) is 2.95. The lowest BCUT2D eigenvalue weighted by Gasteiger charge is -1.95. The van der Waals surface area contributed by atoms with Crippen LogP contribution in [0.1, 0.15) is 35.8 Å². The number of H-pyrrole nitrogens is 1. The number of nitrogens with one attached hydrogen (secondary N) is 1. The number of oxazole rings is 1. The minimum absolute atomic E-state index is 0.257. The van der Waals surface area contributed by atoms with Gasteiger partial charge in [-0.2, -0.15) is 0 Å². The quantitative estimate of drug-likeness (QED) is 0.522. The van der Waals surface area contributed by atoms with Crippen LogP contribution in [-0.2, 0) is 0 Å². The van der Waals surface area contributed by atoms with Gasteiger partial charge in [-0.05, 0) is 18.9 Å². The van der Waals surface area contributed by atoms with Crippen molar-refractivity contribution in [1.82, 2.24) is 19.9 Å². The molecule has 0 saturated heterocycles. The van der Waals surface area contributed by atoms with Crippen LogP contribution in [0.4, 0.5) is 10.2 Å². The molecule has 0 radical (unpaired) electrons. The number of nitrogens with two attached hydrogens (primary N) is 1. The second kappa shape index (κ2) is 5.05. The highest BCUT2D eigenvalue weighted by Crippen LogP contribution is 2.40. The molecule has 1 fully saturated rings. The zero-order valence-electron chi connectivity index (χ0n) is 13.0. The fourth-order valence-corrected chi connectivity index (χ4v) is 2.79. The van der Waals surface area contributed by atoms with Crippen molar-refractivity contribution in [2.75, 3.05) is 5.73 Å². The molecule has 0 aliphatic heterocycles. The van der Waals surface area contributed by atoms with E-state index in [4.69, 9.17) is 10.2 Å². The molecule has 7 heteroatoms. The maximum Gasteiger partial charge on any atom is 0.198 e. The number of nitrogen functional groups attached to an aromatic ring is 1. The number of hydrogen-bond acceptors (Lipinski definition) is 5. The fraction of sp³-hybridized carbons (Fsp3) is 0.167. The number of anilines is 1. The first-order chi connectivity index (χ1) is 12.2. The Morgan fingerprint density at radius 3 is 2.88 bits per heavy atom. The van der Waals surface area contributed by atoms with Crippen LogP contribution in [0.5, 0.6) is 0 Å². The predicted octanol–water partition coefficient (Wildman–Crippen LogP) is 3.10. The zero-order valence-corrected chi connectivity index (χ0v) is 13.0. The maximum atomic E-state index is 14.3. The number of nitrogens with zero attached hydrogens (tertiary/aromatic N) is 3. The van der Waals surface area contributed by atoms with Crippen molar-refractivity contribution in [3.8, 4) is 11.8 Å². The van der Waals surface area contributed by atoms with Crippen LogP contribution >= 0.6 is 0 Å². The first-order valence-corrected chi connectivity index (χ1v) is 7.88. The lowest BCUT2D eigenvalue weighted by molar-refractivity contribution is 0.530. The van der Waals surface area contributed by atoms with Crippen molar-refractivity contribution in [2.45, 2.75) is 18.8 Å². The van der Waals surface area contributed by atoms with Crippen LogP contribution in [0.15, 0.2) is 29.1 Å². The number of benzene rings is 1. The van der Waals surface area contributed by atoms with Gasteiger partial charge in [-0.1, -0.05) is 11.8 Å². The van der Waals surface area contributed by atoms with Crippen LogP contribution in [0, 0.1) is 17.7 Å². The summed E-state index contributed by atoms with van der Waals surface area (Å²) in [5.74, 6) is 6.72. The number of halogens is 1. The Kier molecular flexibility index (Phi) is 2.82. The monoisotopic (exact) mass is 333 g/mol. The molecule has 6 nitrogen and oxygen atoms in total. The molecule has 1 aromatic carbocycles. The molecule has 0 unspecified atom stereocenters. The largest absolute Gasteiger partial charge is 0.440 e. The van der Waals surface area contributed by atoms with E-state index in [1.165, 1.54) is 12.4 Å².